The van der Waals surface area contributed by atoms with Crippen molar-refractivity contribution in [2.45, 2.75) is 33.2 Å². The molecule has 1 aliphatic rings. The van der Waals surface area contributed by atoms with Gasteiger partial charge in [-0.25, -0.2) is 0 Å². The molecule has 1 saturated heterocycles. The van der Waals surface area contributed by atoms with Crippen LogP contribution in [0, 0.1) is 19.8 Å². The molecular formula is C21H28N2O2S. The van der Waals surface area contributed by atoms with Gasteiger partial charge in [0.25, 0.3) is 5.91 Å². The minimum Gasteiger partial charge on any atom is -0.495 e. The summed E-state index contributed by atoms with van der Waals surface area (Å²) in [5.41, 5.74) is 2.68. The van der Waals surface area contributed by atoms with Gasteiger partial charge in [0.05, 0.1) is 7.11 Å². The van der Waals surface area contributed by atoms with Crippen LogP contribution in [-0.2, 0) is 6.54 Å². The summed E-state index contributed by atoms with van der Waals surface area (Å²) in [5, 5.41) is 3.10. The van der Waals surface area contributed by atoms with Gasteiger partial charge >= 0.3 is 0 Å². The summed E-state index contributed by atoms with van der Waals surface area (Å²) < 4.78 is 5.30. The van der Waals surface area contributed by atoms with E-state index < -0.39 is 0 Å². The maximum atomic E-state index is 12.4. The zero-order chi connectivity index (χ0) is 18.5. The van der Waals surface area contributed by atoms with Crippen LogP contribution in [0.2, 0.25) is 0 Å². The van der Waals surface area contributed by atoms with E-state index in [0.29, 0.717) is 16.5 Å². The number of carbonyl (C=O) groups is 1. The van der Waals surface area contributed by atoms with Gasteiger partial charge in [-0.2, -0.15) is 0 Å². The molecule has 1 aromatic heterocycles. The molecule has 1 N–H and O–H groups in total. The predicted molar refractivity (Wildman–Crippen MR) is 107 cm³/mol. The number of rotatable bonds is 6. The van der Waals surface area contributed by atoms with Crippen molar-refractivity contribution in [3.05, 3.63) is 51.2 Å². The third-order valence-corrected chi connectivity index (χ3v) is 6.06. The molecule has 0 atom stereocenters. The highest BCUT2D eigenvalue weighted by atomic mass is 32.1. The predicted octanol–water partition coefficient (Wildman–Crippen LogP) is 4.02. The van der Waals surface area contributed by atoms with Gasteiger partial charge in [0.2, 0.25) is 0 Å². The number of hydrogen-bond donors (Lipinski definition) is 1. The van der Waals surface area contributed by atoms with Crippen LogP contribution in [0.15, 0.2) is 30.3 Å². The molecule has 0 bridgehead atoms. The average Bonchev–Trinajstić information content (AvgIpc) is 3.04. The normalized spacial score (nSPS) is 15.8. The minimum atomic E-state index is -0.0120. The lowest BCUT2D eigenvalue weighted by Gasteiger charge is -2.32. The van der Waals surface area contributed by atoms with Crippen LogP contribution >= 0.6 is 11.3 Å². The number of methoxy groups -OCH3 is 1. The minimum absolute atomic E-state index is 0.0120. The van der Waals surface area contributed by atoms with E-state index >= 15 is 0 Å². The first kappa shape index (κ1) is 18.9. The average molecular weight is 373 g/mol. The number of hydrogen-bond acceptors (Lipinski definition) is 4. The molecule has 1 amide bonds. The van der Waals surface area contributed by atoms with Gasteiger partial charge < -0.3 is 10.1 Å². The van der Waals surface area contributed by atoms with E-state index in [2.05, 4.69) is 41.4 Å². The number of ether oxygens (including phenoxy) is 1. The number of likely N-dealkylation sites (tertiary alicyclic amines) is 1. The van der Waals surface area contributed by atoms with Crippen molar-refractivity contribution in [1.29, 1.82) is 0 Å². The second-order valence-electron chi connectivity index (χ2n) is 7.17. The topological polar surface area (TPSA) is 41.6 Å². The number of nitrogens with zero attached hydrogens (tertiary/aromatic N) is 1. The van der Waals surface area contributed by atoms with Gasteiger partial charge in [-0.3, -0.25) is 9.69 Å². The van der Waals surface area contributed by atoms with Crippen molar-refractivity contribution in [2.24, 2.45) is 5.92 Å². The van der Waals surface area contributed by atoms with Crippen LogP contribution in [0.5, 0.6) is 5.75 Å². The molecule has 2 heterocycles. The number of benzene rings is 1. The first-order valence-corrected chi connectivity index (χ1v) is 10.1. The first-order valence-electron chi connectivity index (χ1n) is 9.25. The Balaban J connectivity index is 1.43. The molecule has 0 aliphatic carbocycles. The number of aryl methyl sites for hydroxylation is 2. The smallest absolute Gasteiger partial charge is 0.265 e. The third-order valence-electron chi connectivity index (χ3n) is 5.03. The molecule has 0 radical (unpaired) electrons. The molecule has 1 aromatic carbocycles. The van der Waals surface area contributed by atoms with Gasteiger partial charge in [-0.05, 0) is 57.3 Å². The molecule has 0 saturated carbocycles. The summed E-state index contributed by atoms with van der Waals surface area (Å²) in [6.45, 7) is 8.07. The van der Waals surface area contributed by atoms with Gasteiger partial charge in [-0.15, -0.1) is 11.3 Å². The largest absolute Gasteiger partial charge is 0.495 e. The van der Waals surface area contributed by atoms with Crippen LogP contribution < -0.4 is 10.1 Å². The molecule has 5 heteroatoms. The second-order valence-corrected chi connectivity index (χ2v) is 8.43. The van der Waals surface area contributed by atoms with E-state index in [-0.39, 0.29) is 5.91 Å². The van der Waals surface area contributed by atoms with E-state index in [1.165, 1.54) is 22.5 Å². The van der Waals surface area contributed by atoms with Gasteiger partial charge in [0, 0.05) is 18.0 Å². The summed E-state index contributed by atoms with van der Waals surface area (Å²) in [4.78, 5) is 16.7. The van der Waals surface area contributed by atoms with E-state index in [1.54, 1.807) is 7.11 Å². The van der Waals surface area contributed by atoms with Gasteiger partial charge in [0.15, 0.2) is 0 Å². The summed E-state index contributed by atoms with van der Waals surface area (Å²) in [6, 6.07) is 10.7. The SMILES string of the molecule is COc1cc(C)sc1C(=O)NCC1CCN(Cc2ccc(C)cc2)CC1. The molecule has 0 unspecified atom stereocenters. The Morgan fingerprint density at radius 3 is 2.58 bits per heavy atom. The Morgan fingerprint density at radius 2 is 1.92 bits per heavy atom. The summed E-state index contributed by atoms with van der Waals surface area (Å²) >= 11 is 1.49. The van der Waals surface area contributed by atoms with Crippen molar-refractivity contribution in [2.75, 3.05) is 26.7 Å². The van der Waals surface area contributed by atoms with Crippen LogP contribution in [-0.4, -0.2) is 37.6 Å². The Bertz CT molecular complexity index is 731. The second kappa shape index (κ2) is 8.69. The lowest BCUT2D eigenvalue weighted by atomic mass is 9.96. The number of piperidine rings is 1. The maximum Gasteiger partial charge on any atom is 0.265 e. The van der Waals surface area contributed by atoms with Gasteiger partial charge in [0.1, 0.15) is 10.6 Å². The maximum absolute atomic E-state index is 12.4. The highest BCUT2D eigenvalue weighted by molar-refractivity contribution is 7.14. The number of amides is 1. The standard InChI is InChI=1S/C21H28N2O2S/c1-15-4-6-18(7-5-15)14-23-10-8-17(9-11-23)13-22-21(24)20-19(25-3)12-16(2)26-20/h4-7,12,17H,8-11,13-14H2,1-3H3,(H,22,24). The highest BCUT2D eigenvalue weighted by Gasteiger charge is 2.21. The molecule has 4 nitrogen and oxygen atoms in total. The molecule has 26 heavy (non-hydrogen) atoms. The zero-order valence-corrected chi connectivity index (χ0v) is 16.7. The fraction of sp³-hybridized carbons (Fsp3) is 0.476. The zero-order valence-electron chi connectivity index (χ0n) is 15.9. The van der Waals surface area contributed by atoms with Crippen LogP contribution in [0.3, 0.4) is 0 Å². The molecule has 1 fully saturated rings. The number of carbonyl (C=O) groups excluding carboxylic acids is 1. The van der Waals surface area contributed by atoms with Crippen LogP contribution in [0.4, 0.5) is 0 Å². The molecule has 0 spiro atoms. The lowest BCUT2D eigenvalue weighted by Crippen LogP contribution is -2.38. The molecular weight excluding hydrogens is 344 g/mol. The van der Waals surface area contributed by atoms with E-state index in [4.69, 9.17) is 4.74 Å². The number of thiophene rings is 1. The quantitative estimate of drug-likeness (QED) is 0.833. The summed E-state index contributed by atoms with van der Waals surface area (Å²) in [6.07, 6.45) is 2.26. The van der Waals surface area contributed by atoms with Crippen molar-refractivity contribution in [3.8, 4) is 5.75 Å². The Hall–Kier alpha value is -1.85. The Morgan fingerprint density at radius 1 is 1.23 bits per heavy atom. The fourth-order valence-corrected chi connectivity index (χ4v) is 4.31. The molecule has 2 aromatic rings. The van der Waals surface area contributed by atoms with E-state index in [1.807, 2.05) is 13.0 Å². The molecule has 3 rings (SSSR count). The number of nitrogens with one attached hydrogen (secondary N) is 1. The van der Waals surface area contributed by atoms with Crippen molar-refractivity contribution < 1.29 is 9.53 Å². The van der Waals surface area contributed by atoms with Crippen LogP contribution in [0.25, 0.3) is 0 Å². The van der Waals surface area contributed by atoms with Gasteiger partial charge in [-0.1, -0.05) is 29.8 Å². The monoisotopic (exact) mass is 372 g/mol. The third kappa shape index (κ3) is 4.86. The fourth-order valence-electron chi connectivity index (χ4n) is 3.42. The van der Waals surface area contributed by atoms with Crippen molar-refractivity contribution >= 4 is 17.2 Å². The van der Waals surface area contributed by atoms with E-state index in [0.717, 1.165) is 43.9 Å². The summed E-state index contributed by atoms with van der Waals surface area (Å²) in [7, 11) is 1.61. The molecule has 140 valence electrons. The summed E-state index contributed by atoms with van der Waals surface area (Å²) in [5.74, 6) is 1.22. The molecule has 1 aliphatic heterocycles. The van der Waals surface area contributed by atoms with E-state index in [9.17, 15) is 4.79 Å². The highest BCUT2D eigenvalue weighted by Crippen LogP contribution is 2.28. The first-order chi connectivity index (χ1) is 12.5. The lowest BCUT2D eigenvalue weighted by molar-refractivity contribution is 0.0936. The Labute approximate surface area is 160 Å². The van der Waals surface area contributed by atoms with Crippen molar-refractivity contribution in [1.82, 2.24) is 10.2 Å². The van der Waals surface area contributed by atoms with Crippen molar-refractivity contribution in [3.63, 3.8) is 0 Å². The van der Waals surface area contributed by atoms with Crippen LogP contribution in [0.1, 0.15) is 38.5 Å². The Kier molecular flexibility index (Phi) is 6.33.